The van der Waals surface area contributed by atoms with E-state index in [1.165, 1.54) is 135 Å². The van der Waals surface area contributed by atoms with Crippen LogP contribution in [-0.2, 0) is 14.3 Å². The fourth-order valence-corrected chi connectivity index (χ4v) is 5.30. The van der Waals surface area contributed by atoms with Crippen molar-refractivity contribution in [3.63, 3.8) is 0 Å². The normalized spacial score (nSPS) is 11.1. The molecule has 0 rings (SSSR count). The summed E-state index contributed by atoms with van der Waals surface area (Å²) < 4.78 is 10.6. The lowest BCUT2D eigenvalue weighted by Crippen LogP contribution is -2.25. The Balaban J connectivity index is 3.22. The molecule has 0 unspecified atom stereocenters. The molecule has 1 N–H and O–H groups in total. The number of ether oxygens (including phenoxy) is 2. The molecule has 0 saturated heterocycles. The zero-order chi connectivity index (χ0) is 29.9. The van der Waals surface area contributed by atoms with Crippen molar-refractivity contribution in [3.05, 3.63) is 0 Å². The van der Waals surface area contributed by atoms with Gasteiger partial charge in [0.05, 0.1) is 13.2 Å². The minimum atomic E-state index is -0.259. The van der Waals surface area contributed by atoms with Crippen LogP contribution >= 0.6 is 0 Å². The molecule has 0 aliphatic carbocycles. The van der Waals surface area contributed by atoms with Crippen LogP contribution in [0.25, 0.3) is 0 Å². The lowest BCUT2D eigenvalue weighted by Gasteiger charge is -2.07. The van der Waals surface area contributed by atoms with E-state index in [0.717, 1.165) is 44.9 Å². The molecule has 0 aromatic carbocycles. The molecule has 0 atom stereocenters. The minimum absolute atomic E-state index is 0.0239. The zero-order valence-electron chi connectivity index (χ0n) is 27.8. The molecule has 0 aliphatic heterocycles. The van der Waals surface area contributed by atoms with Crippen LogP contribution in [0.2, 0.25) is 0 Å². The van der Waals surface area contributed by atoms with E-state index in [1.807, 2.05) is 0 Å². The summed E-state index contributed by atoms with van der Waals surface area (Å²) in [6.45, 7) is 6.35. The number of carbonyl (C=O) groups excluding carboxylic acids is 2. The van der Waals surface area contributed by atoms with Crippen LogP contribution in [-0.4, -0.2) is 31.8 Å². The molecular formula is C36H71NO4. The fourth-order valence-electron chi connectivity index (χ4n) is 5.30. The number of hydrogen-bond donors (Lipinski definition) is 1. The number of carbonyl (C=O) groups is 2. The van der Waals surface area contributed by atoms with Gasteiger partial charge >= 0.3 is 12.1 Å². The number of amides is 1. The SMILES string of the molecule is CCCCCCCCCCCCCCCCOC(=O)NCCCCCCCCCCC(=O)OCCCCCCCC. The fraction of sp³-hybridized carbons (Fsp3) is 0.944. The van der Waals surface area contributed by atoms with Crippen LogP contribution < -0.4 is 5.32 Å². The predicted molar refractivity (Wildman–Crippen MR) is 176 cm³/mol. The van der Waals surface area contributed by atoms with Gasteiger partial charge in [-0.2, -0.15) is 0 Å². The number of esters is 1. The molecule has 0 radical (unpaired) electrons. The molecule has 1 amide bonds. The molecule has 0 aromatic heterocycles. The summed E-state index contributed by atoms with van der Waals surface area (Å²) in [6, 6.07) is 0. The molecule has 0 saturated carbocycles. The predicted octanol–water partition coefficient (Wildman–Crippen LogP) is 11.6. The maximum absolute atomic E-state index is 11.8. The third kappa shape index (κ3) is 34.8. The van der Waals surface area contributed by atoms with Gasteiger partial charge in [0.15, 0.2) is 0 Å². The van der Waals surface area contributed by atoms with Crippen LogP contribution in [0, 0.1) is 0 Å². The minimum Gasteiger partial charge on any atom is -0.466 e. The smallest absolute Gasteiger partial charge is 0.407 e. The van der Waals surface area contributed by atoms with Crippen molar-refractivity contribution < 1.29 is 19.1 Å². The molecular weight excluding hydrogens is 510 g/mol. The zero-order valence-corrected chi connectivity index (χ0v) is 27.8. The van der Waals surface area contributed by atoms with Gasteiger partial charge in [-0.1, -0.05) is 168 Å². The molecule has 0 aliphatic rings. The lowest BCUT2D eigenvalue weighted by molar-refractivity contribution is -0.143. The highest BCUT2D eigenvalue weighted by atomic mass is 16.5. The quantitative estimate of drug-likeness (QED) is 0.0618. The molecule has 0 fully saturated rings. The van der Waals surface area contributed by atoms with Gasteiger partial charge < -0.3 is 14.8 Å². The number of hydrogen-bond acceptors (Lipinski definition) is 4. The van der Waals surface area contributed by atoms with Gasteiger partial charge in [0.25, 0.3) is 0 Å². The van der Waals surface area contributed by atoms with E-state index >= 15 is 0 Å². The van der Waals surface area contributed by atoms with Crippen LogP contribution in [0.15, 0.2) is 0 Å². The van der Waals surface area contributed by atoms with Crippen molar-refractivity contribution in [1.82, 2.24) is 5.32 Å². The van der Waals surface area contributed by atoms with Crippen molar-refractivity contribution in [2.45, 2.75) is 200 Å². The van der Waals surface area contributed by atoms with Gasteiger partial charge in [-0.25, -0.2) is 4.79 Å². The second-order valence-corrected chi connectivity index (χ2v) is 12.2. The topological polar surface area (TPSA) is 64.6 Å². The van der Waals surface area contributed by atoms with Crippen LogP contribution in [0.4, 0.5) is 4.79 Å². The first kappa shape index (κ1) is 39.7. The molecule has 5 heteroatoms. The second kappa shape index (κ2) is 34.9. The second-order valence-electron chi connectivity index (χ2n) is 12.2. The Bertz CT molecular complexity index is 540. The number of alkyl carbamates (subject to hydrolysis) is 1. The Morgan fingerprint density at radius 2 is 0.756 bits per heavy atom. The first-order valence-corrected chi connectivity index (χ1v) is 18.3. The Hall–Kier alpha value is -1.26. The molecule has 0 heterocycles. The Morgan fingerprint density at radius 3 is 1.20 bits per heavy atom. The van der Waals surface area contributed by atoms with E-state index in [0.29, 0.717) is 26.2 Å². The van der Waals surface area contributed by atoms with Crippen LogP contribution in [0.5, 0.6) is 0 Å². The van der Waals surface area contributed by atoms with Gasteiger partial charge in [-0.05, 0) is 25.7 Å². The summed E-state index contributed by atoms with van der Waals surface area (Å²) in [6.07, 6.45) is 35.4. The van der Waals surface area contributed by atoms with Gasteiger partial charge in [-0.3, -0.25) is 4.79 Å². The monoisotopic (exact) mass is 582 g/mol. The van der Waals surface area contributed by atoms with E-state index in [1.54, 1.807) is 0 Å². The average Bonchev–Trinajstić information content (AvgIpc) is 2.97. The van der Waals surface area contributed by atoms with E-state index < -0.39 is 0 Å². The average molecular weight is 582 g/mol. The van der Waals surface area contributed by atoms with Crippen molar-refractivity contribution in [1.29, 1.82) is 0 Å². The summed E-state index contributed by atoms with van der Waals surface area (Å²) in [5.41, 5.74) is 0. The summed E-state index contributed by atoms with van der Waals surface area (Å²) in [4.78, 5) is 23.6. The van der Waals surface area contributed by atoms with E-state index in [9.17, 15) is 9.59 Å². The van der Waals surface area contributed by atoms with Gasteiger partial charge in [0.2, 0.25) is 0 Å². The van der Waals surface area contributed by atoms with Gasteiger partial charge in [-0.15, -0.1) is 0 Å². The molecule has 244 valence electrons. The largest absolute Gasteiger partial charge is 0.466 e. The molecule has 0 aromatic rings. The van der Waals surface area contributed by atoms with Crippen molar-refractivity contribution in [2.75, 3.05) is 19.8 Å². The third-order valence-corrected chi connectivity index (χ3v) is 8.07. The highest BCUT2D eigenvalue weighted by Gasteiger charge is 2.03. The summed E-state index contributed by atoms with van der Waals surface area (Å²) in [7, 11) is 0. The van der Waals surface area contributed by atoms with Crippen LogP contribution in [0.3, 0.4) is 0 Å². The standard InChI is InChI=1S/C36H71NO4/c1-3-5-7-9-11-12-13-14-15-16-19-22-26-30-34-41-36(39)37-32-28-24-21-18-17-20-23-27-31-35(38)40-33-29-25-10-8-6-4-2/h3-34H2,1-2H3,(H,37,39). The Labute approximate surface area is 256 Å². The number of nitrogens with one attached hydrogen (secondary N) is 1. The molecule has 0 spiro atoms. The summed E-state index contributed by atoms with van der Waals surface area (Å²) >= 11 is 0. The van der Waals surface area contributed by atoms with E-state index in [4.69, 9.17) is 9.47 Å². The first-order chi connectivity index (χ1) is 20.2. The highest BCUT2D eigenvalue weighted by Crippen LogP contribution is 2.13. The maximum atomic E-state index is 11.8. The number of rotatable bonds is 33. The summed E-state index contributed by atoms with van der Waals surface area (Å²) in [5.74, 6) is -0.0239. The van der Waals surface area contributed by atoms with Crippen molar-refractivity contribution >= 4 is 12.1 Å². The highest BCUT2D eigenvalue weighted by molar-refractivity contribution is 5.69. The van der Waals surface area contributed by atoms with Crippen molar-refractivity contribution in [3.8, 4) is 0 Å². The van der Waals surface area contributed by atoms with E-state index in [2.05, 4.69) is 19.2 Å². The van der Waals surface area contributed by atoms with Gasteiger partial charge in [0.1, 0.15) is 0 Å². The first-order valence-electron chi connectivity index (χ1n) is 18.3. The third-order valence-electron chi connectivity index (χ3n) is 8.07. The molecule has 41 heavy (non-hydrogen) atoms. The molecule has 0 bridgehead atoms. The van der Waals surface area contributed by atoms with Crippen molar-refractivity contribution in [2.24, 2.45) is 0 Å². The Kier molecular flexibility index (Phi) is 33.9. The molecule has 5 nitrogen and oxygen atoms in total. The Morgan fingerprint density at radius 1 is 0.415 bits per heavy atom. The lowest BCUT2D eigenvalue weighted by atomic mass is 10.0. The van der Waals surface area contributed by atoms with E-state index in [-0.39, 0.29) is 12.1 Å². The number of unbranched alkanes of at least 4 members (excludes halogenated alkanes) is 25. The maximum Gasteiger partial charge on any atom is 0.407 e. The van der Waals surface area contributed by atoms with Crippen LogP contribution in [0.1, 0.15) is 200 Å². The van der Waals surface area contributed by atoms with Gasteiger partial charge in [0, 0.05) is 13.0 Å². The summed E-state index contributed by atoms with van der Waals surface area (Å²) in [5, 5.41) is 2.89.